The Morgan fingerprint density at radius 1 is 1.14 bits per heavy atom. The molecular weight excluding hydrogens is 290 g/mol. The van der Waals surface area contributed by atoms with Crippen molar-refractivity contribution in [3.8, 4) is 0 Å². The number of sulfonamides is 1. The topological polar surface area (TPSA) is 86.9 Å². The first-order chi connectivity index (χ1) is 10.0. The number of rotatable bonds is 5. The lowest BCUT2D eigenvalue weighted by Gasteiger charge is -2.21. The van der Waals surface area contributed by atoms with Crippen LogP contribution >= 0.6 is 0 Å². The lowest BCUT2D eigenvalue weighted by atomic mass is 10.2. The van der Waals surface area contributed by atoms with E-state index in [1.54, 1.807) is 24.3 Å². The van der Waals surface area contributed by atoms with Gasteiger partial charge in [-0.25, -0.2) is 12.7 Å². The summed E-state index contributed by atoms with van der Waals surface area (Å²) < 4.78 is 26.6. The van der Waals surface area contributed by atoms with E-state index in [9.17, 15) is 8.42 Å². The Hall–Kier alpha value is -1.15. The molecule has 1 aliphatic rings. The van der Waals surface area contributed by atoms with Crippen molar-refractivity contribution >= 4 is 15.7 Å². The number of nitrogens with zero attached hydrogens (tertiary/aromatic N) is 2. The maximum Gasteiger partial charge on any atom is 0.218 e. The van der Waals surface area contributed by atoms with E-state index in [0.29, 0.717) is 37.4 Å². The molecule has 0 aliphatic carbocycles. The van der Waals surface area contributed by atoms with E-state index in [1.807, 2.05) is 0 Å². The predicted molar refractivity (Wildman–Crippen MR) is 83.2 cm³/mol. The average Bonchev–Trinajstić information content (AvgIpc) is 2.68. The monoisotopic (exact) mass is 313 g/mol. The minimum atomic E-state index is -3.36. The van der Waals surface area contributed by atoms with E-state index in [1.165, 1.54) is 4.31 Å². The SMILES string of the molecule is Nc1ccccc1CS(=O)(=O)N1CCCN(CCO)CC1. The second-order valence-corrected chi connectivity index (χ2v) is 7.24. The third-order valence-corrected chi connectivity index (χ3v) is 5.58. The Bertz CT molecular complexity index is 562. The van der Waals surface area contributed by atoms with Crippen molar-refractivity contribution in [2.75, 3.05) is 45.1 Å². The molecule has 6 nitrogen and oxygen atoms in total. The van der Waals surface area contributed by atoms with Gasteiger partial charge < -0.3 is 10.8 Å². The summed E-state index contributed by atoms with van der Waals surface area (Å²) >= 11 is 0. The van der Waals surface area contributed by atoms with Gasteiger partial charge in [0.05, 0.1) is 12.4 Å². The summed E-state index contributed by atoms with van der Waals surface area (Å²) in [4.78, 5) is 2.09. The van der Waals surface area contributed by atoms with Crippen LogP contribution in [0.2, 0.25) is 0 Å². The van der Waals surface area contributed by atoms with Gasteiger partial charge in [0.1, 0.15) is 0 Å². The maximum atomic E-state index is 12.5. The molecule has 2 rings (SSSR count). The first kappa shape index (κ1) is 16.2. The van der Waals surface area contributed by atoms with Gasteiger partial charge in [0.15, 0.2) is 0 Å². The second kappa shape index (κ2) is 7.22. The number of anilines is 1. The van der Waals surface area contributed by atoms with Crippen LogP contribution in [0.3, 0.4) is 0 Å². The van der Waals surface area contributed by atoms with Crippen molar-refractivity contribution in [1.29, 1.82) is 0 Å². The molecule has 0 spiro atoms. The third-order valence-electron chi connectivity index (χ3n) is 3.75. The van der Waals surface area contributed by atoms with Crippen molar-refractivity contribution in [1.82, 2.24) is 9.21 Å². The minimum Gasteiger partial charge on any atom is -0.398 e. The molecule has 1 aliphatic heterocycles. The van der Waals surface area contributed by atoms with Crippen molar-refractivity contribution < 1.29 is 13.5 Å². The lowest BCUT2D eigenvalue weighted by Crippen LogP contribution is -2.36. The number of β-amino-alcohol motifs (C(OH)–C–C–N with tert-alkyl or cyclic N) is 1. The van der Waals surface area contributed by atoms with Gasteiger partial charge in [-0.05, 0) is 24.6 Å². The molecule has 0 atom stereocenters. The summed E-state index contributed by atoms with van der Waals surface area (Å²) in [7, 11) is -3.36. The molecular formula is C14H23N3O3S. The normalized spacial score (nSPS) is 18.5. The van der Waals surface area contributed by atoms with Crippen LogP contribution in [0, 0.1) is 0 Å². The van der Waals surface area contributed by atoms with Gasteiger partial charge in [0.2, 0.25) is 10.0 Å². The molecule has 0 unspecified atom stereocenters. The summed E-state index contributed by atoms with van der Waals surface area (Å²) in [5.41, 5.74) is 6.99. The van der Waals surface area contributed by atoms with Crippen molar-refractivity contribution in [3.05, 3.63) is 29.8 Å². The molecule has 21 heavy (non-hydrogen) atoms. The number of hydrogen-bond acceptors (Lipinski definition) is 5. The molecule has 0 bridgehead atoms. The fourth-order valence-corrected chi connectivity index (χ4v) is 4.15. The van der Waals surface area contributed by atoms with Gasteiger partial charge in [-0.1, -0.05) is 18.2 Å². The number of aliphatic hydroxyl groups is 1. The summed E-state index contributed by atoms with van der Waals surface area (Å²) in [6, 6.07) is 7.07. The van der Waals surface area contributed by atoms with E-state index in [2.05, 4.69) is 4.90 Å². The Kier molecular flexibility index (Phi) is 5.58. The Balaban J connectivity index is 2.04. The number of para-hydroxylation sites is 1. The molecule has 118 valence electrons. The smallest absolute Gasteiger partial charge is 0.218 e. The molecule has 1 aromatic rings. The minimum absolute atomic E-state index is 0.0559. The molecule has 3 N–H and O–H groups in total. The van der Waals surface area contributed by atoms with E-state index < -0.39 is 10.0 Å². The lowest BCUT2D eigenvalue weighted by molar-refractivity contribution is 0.202. The quantitative estimate of drug-likeness (QED) is 0.753. The van der Waals surface area contributed by atoms with Gasteiger partial charge in [-0.15, -0.1) is 0 Å². The molecule has 0 amide bonds. The Morgan fingerprint density at radius 3 is 2.62 bits per heavy atom. The fourth-order valence-electron chi connectivity index (χ4n) is 2.54. The predicted octanol–water partition coefficient (Wildman–Crippen LogP) is 0.0986. The summed E-state index contributed by atoms with van der Waals surface area (Å²) in [5, 5.41) is 8.97. The highest BCUT2D eigenvalue weighted by molar-refractivity contribution is 7.88. The standard InChI is InChI=1S/C14H23N3O3S/c15-14-5-2-1-4-13(14)12-21(19,20)17-7-3-6-16(8-9-17)10-11-18/h1-2,4-5,18H,3,6-12,15H2. The number of nitrogens with two attached hydrogens (primary N) is 1. The van der Waals surface area contributed by atoms with E-state index in [-0.39, 0.29) is 12.4 Å². The van der Waals surface area contributed by atoms with Crippen LogP contribution in [0.4, 0.5) is 5.69 Å². The zero-order valence-electron chi connectivity index (χ0n) is 12.1. The second-order valence-electron chi connectivity index (χ2n) is 5.27. The van der Waals surface area contributed by atoms with Crippen LogP contribution in [-0.4, -0.2) is 62.1 Å². The van der Waals surface area contributed by atoms with Crippen LogP contribution in [0.25, 0.3) is 0 Å². The molecule has 0 saturated carbocycles. The largest absolute Gasteiger partial charge is 0.398 e. The number of hydrogen-bond donors (Lipinski definition) is 2. The Morgan fingerprint density at radius 2 is 1.90 bits per heavy atom. The molecule has 0 radical (unpaired) electrons. The molecule has 1 heterocycles. The zero-order chi connectivity index (χ0) is 15.3. The third kappa shape index (κ3) is 4.41. The molecule has 1 fully saturated rings. The number of nitrogen functional groups attached to an aromatic ring is 1. The summed E-state index contributed by atoms with van der Waals surface area (Å²) in [6.45, 7) is 3.17. The fraction of sp³-hybridized carbons (Fsp3) is 0.571. The van der Waals surface area contributed by atoms with Gasteiger partial charge in [0, 0.05) is 31.9 Å². The Labute approximate surface area is 126 Å². The van der Waals surface area contributed by atoms with Crippen LogP contribution in [0.15, 0.2) is 24.3 Å². The van der Waals surface area contributed by atoms with Crippen molar-refractivity contribution in [2.45, 2.75) is 12.2 Å². The van der Waals surface area contributed by atoms with Crippen molar-refractivity contribution in [3.63, 3.8) is 0 Å². The van der Waals surface area contributed by atoms with E-state index in [0.717, 1.165) is 13.0 Å². The van der Waals surface area contributed by atoms with Crippen LogP contribution in [0.1, 0.15) is 12.0 Å². The van der Waals surface area contributed by atoms with Gasteiger partial charge in [-0.3, -0.25) is 4.90 Å². The molecule has 7 heteroatoms. The molecule has 0 aromatic heterocycles. The average molecular weight is 313 g/mol. The molecule has 1 aromatic carbocycles. The van der Waals surface area contributed by atoms with Crippen LogP contribution in [0.5, 0.6) is 0 Å². The molecule has 1 saturated heterocycles. The van der Waals surface area contributed by atoms with Gasteiger partial charge in [-0.2, -0.15) is 0 Å². The number of aliphatic hydroxyl groups excluding tert-OH is 1. The van der Waals surface area contributed by atoms with Crippen molar-refractivity contribution in [2.24, 2.45) is 0 Å². The van der Waals surface area contributed by atoms with Gasteiger partial charge >= 0.3 is 0 Å². The van der Waals surface area contributed by atoms with Gasteiger partial charge in [0.25, 0.3) is 0 Å². The summed E-state index contributed by atoms with van der Waals surface area (Å²) in [6.07, 6.45) is 0.781. The summed E-state index contributed by atoms with van der Waals surface area (Å²) in [5.74, 6) is -0.0559. The maximum absolute atomic E-state index is 12.5. The van der Waals surface area contributed by atoms with Crippen LogP contribution in [-0.2, 0) is 15.8 Å². The first-order valence-corrected chi connectivity index (χ1v) is 8.78. The van der Waals surface area contributed by atoms with E-state index >= 15 is 0 Å². The highest BCUT2D eigenvalue weighted by atomic mass is 32.2. The number of benzene rings is 1. The highest BCUT2D eigenvalue weighted by Gasteiger charge is 2.25. The zero-order valence-corrected chi connectivity index (χ0v) is 12.9. The first-order valence-electron chi connectivity index (χ1n) is 7.17. The van der Waals surface area contributed by atoms with E-state index in [4.69, 9.17) is 10.8 Å². The highest BCUT2D eigenvalue weighted by Crippen LogP contribution is 2.18. The van der Waals surface area contributed by atoms with Crippen LogP contribution < -0.4 is 5.73 Å².